The van der Waals surface area contributed by atoms with Gasteiger partial charge in [-0.25, -0.2) is 0 Å². The van der Waals surface area contributed by atoms with E-state index in [2.05, 4.69) is 17.1 Å². The molecule has 2 aliphatic heterocycles. The average Bonchev–Trinajstić information content (AvgIpc) is 3.44. The number of rotatable bonds is 3. The number of nitrogens with one attached hydrogen (secondary N) is 1. The number of carbonyl (C=O) groups excluding carboxylic acids is 2. The van der Waals surface area contributed by atoms with Crippen LogP contribution in [0.15, 0.2) is 40.2 Å². The minimum absolute atomic E-state index is 0.00350. The molecule has 3 fully saturated rings. The van der Waals surface area contributed by atoms with E-state index in [1.54, 1.807) is 11.8 Å². The topological polar surface area (TPSA) is 108 Å². The van der Waals surface area contributed by atoms with Crippen LogP contribution in [0.3, 0.4) is 0 Å². The summed E-state index contributed by atoms with van der Waals surface area (Å²) >= 11 is 2.87. The minimum Gasteiger partial charge on any atom is -0.480 e. The fourth-order valence-electron chi connectivity index (χ4n) is 6.40. The largest absolute Gasteiger partial charge is 0.480 e. The van der Waals surface area contributed by atoms with Crippen molar-refractivity contribution in [2.45, 2.75) is 22.6 Å². The Morgan fingerprint density at radius 3 is 2.50 bits per heavy atom. The van der Waals surface area contributed by atoms with Gasteiger partial charge < -0.3 is 10.1 Å². The number of aliphatic carboxylic acids is 1. The molecular formula is C21H18N2O5S2. The molecule has 0 spiro atoms. The van der Waals surface area contributed by atoms with Crippen molar-refractivity contribution in [2.24, 2.45) is 29.6 Å². The second kappa shape index (κ2) is 6.31. The summed E-state index contributed by atoms with van der Waals surface area (Å²) in [5.74, 6) is -2.52. The van der Waals surface area contributed by atoms with Crippen molar-refractivity contribution in [3.63, 3.8) is 0 Å². The Hall–Kier alpha value is -2.39. The maximum absolute atomic E-state index is 13.1. The Bertz CT molecular complexity index is 1140. The summed E-state index contributed by atoms with van der Waals surface area (Å²) in [7, 11) is 0. The molecule has 7 atom stereocenters. The maximum Gasteiger partial charge on any atom is 0.323 e. The number of carbonyl (C=O) groups is 3. The molecule has 30 heavy (non-hydrogen) atoms. The van der Waals surface area contributed by atoms with Crippen LogP contribution < -0.4 is 4.87 Å². The van der Waals surface area contributed by atoms with Gasteiger partial charge in [0.05, 0.1) is 16.9 Å². The standard InChI is InChI=1S/C21H18N2O5S2/c24-11(25)7-23-19(26)14-9-6-10(15(14)20(23)27)16-13(9)12(8-4-2-1-3-5-8)17-18(29-16)22-21(28)30-17/h1-5,9-10,12-16H,6-7H2,(H,22,28)(H,24,25)/t9-,10-,12-,13-,14+,15-,16-/m1/s1. The first-order valence-corrected chi connectivity index (χ1v) is 11.7. The maximum atomic E-state index is 13.1. The van der Waals surface area contributed by atoms with Crippen molar-refractivity contribution < 1.29 is 19.5 Å². The monoisotopic (exact) mass is 442 g/mol. The van der Waals surface area contributed by atoms with Gasteiger partial charge in [0, 0.05) is 16.0 Å². The third kappa shape index (κ3) is 2.33. The number of imide groups is 1. The predicted octanol–water partition coefficient (Wildman–Crippen LogP) is 1.99. The molecule has 1 aromatic heterocycles. The quantitative estimate of drug-likeness (QED) is 0.704. The van der Waals surface area contributed by atoms with Gasteiger partial charge in [0.1, 0.15) is 6.54 Å². The zero-order valence-electron chi connectivity index (χ0n) is 15.7. The van der Waals surface area contributed by atoms with E-state index in [-0.39, 0.29) is 45.6 Å². The number of amides is 2. The molecule has 9 heteroatoms. The van der Waals surface area contributed by atoms with Gasteiger partial charge in [0.15, 0.2) is 0 Å². The molecule has 4 aliphatic rings. The van der Waals surface area contributed by atoms with E-state index in [0.29, 0.717) is 0 Å². The second-order valence-electron chi connectivity index (χ2n) is 8.53. The number of benzene rings is 1. The zero-order valence-corrected chi connectivity index (χ0v) is 17.3. The van der Waals surface area contributed by atoms with E-state index >= 15 is 0 Å². The predicted molar refractivity (Wildman–Crippen MR) is 109 cm³/mol. The first-order chi connectivity index (χ1) is 14.5. The van der Waals surface area contributed by atoms with Gasteiger partial charge in [-0.1, -0.05) is 41.7 Å². The molecule has 3 heterocycles. The number of carboxylic acids is 1. The number of aromatic amines is 1. The van der Waals surface area contributed by atoms with Crippen LogP contribution in [-0.4, -0.2) is 44.6 Å². The van der Waals surface area contributed by atoms with Crippen LogP contribution >= 0.6 is 23.1 Å². The van der Waals surface area contributed by atoms with Gasteiger partial charge in [0.25, 0.3) is 0 Å². The molecule has 2 amide bonds. The summed E-state index contributed by atoms with van der Waals surface area (Å²) in [5.41, 5.74) is 1.12. The van der Waals surface area contributed by atoms with Gasteiger partial charge >= 0.3 is 10.8 Å². The van der Waals surface area contributed by atoms with Crippen LogP contribution in [-0.2, 0) is 14.4 Å². The molecule has 154 valence electrons. The summed E-state index contributed by atoms with van der Waals surface area (Å²) in [6.07, 6.45) is 0.804. The van der Waals surface area contributed by atoms with Gasteiger partial charge in [0.2, 0.25) is 11.8 Å². The molecule has 0 radical (unpaired) electrons. The molecule has 0 unspecified atom stereocenters. The Balaban J connectivity index is 1.45. The number of aromatic nitrogens is 1. The number of thiazole rings is 1. The number of hydrogen-bond donors (Lipinski definition) is 2. The van der Waals surface area contributed by atoms with E-state index in [0.717, 1.165) is 26.8 Å². The van der Waals surface area contributed by atoms with Crippen molar-refractivity contribution in [1.82, 2.24) is 9.88 Å². The number of thioether (sulfide) groups is 1. The van der Waals surface area contributed by atoms with E-state index in [4.69, 9.17) is 5.11 Å². The summed E-state index contributed by atoms with van der Waals surface area (Å²) < 4.78 is 0. The summed E-state index contributed by atoms with van der Waals surface area (Å²) in [6, 6.07) is 10.0. The normalized spacial score (nSPS) is 36.0. The molecule has 2 aromatic rings. The fraction of sp³-hybridized carbons (Fsp3) is 0.429. The smallest absolute Gasteiger partial charge is 0.323 e. The van der Waals surface area contributed by atoms with E-state index < -0.39 is 24.3 Å². The van der Waals surface area contributed by atoms with Crippen molar-refractivity contribution >= 4 is 40.9 Å². The van der Waals surface area contributed by atoms with Crippen molar-refractivity contribution in [1.29, 1.82) is 0 Å². The highest BCUT2D eigenvalue weighted by molar-refractivity contribution is 8.00. The third-order valence-corrected chi connectivity index (χ3v) is 9.86. The number of fused-ring (bicyclic) bond motifs is 9. The molecule has 2 bridgehead atoms. The molecule has 1 saturated heterocycles. The molecule has 2 N–H and O–H groups in total. The lowest BCUT2D eigenvalue weighted by molar-refractivity contribution is -0.149. The Labute approximate surface area is 179 Å². The lowest BCUT2D eigenvalue weighted by Crippen LogP contribution is -2.42. The van der Waals surface area contributed by atoms with E-state index in [1.807, 2.05) is 18.2 Å². The van der Waals surface area contributed by atoms with Crippen LogP contribution in [0.5, 0.6) is 0 Å². The summed E-state index contributed by atoms with van der Waals surface area (Å²) in [5, 5.41) is 10.2. The number of nitrogens with zero attached hydrogens (tertiary/aromatic N) is 1. The minimum atomic E-state index is -1.17. The Kier molecular flexibility index (Phi) is 3.86. The van der Waals surface area contributed by atoms with Crippen LogP contribution in [0.4, 0.5) is 0 Å². The number of carboxylic acid groups (broad SMARTS) is 1. The Morgan fingerprint density at radius 1 is 1.10 bits per heavy atom. The van der Waals surface area contributed by atoms with Gasteiger partial charge in [-0.3, -0.25) is 24.1 Å². The zero-order chi connectivity index (χ0) is 20.7. The molecule has 1 aromatic carbocycles. The average molecular weight is 443 g/mol. The van der Waals surface area contributed by atoms with Gasteiger partial charge in [-0.2, -0.15) is 0 Å². The van der Waals surface area contributed by atoms with Crippen LogP contribution in [0, 0.1) is 29.6 Å². The Morgan fingerprint density at radius 2 is 1.80 bits per heavy atom. The number of likely N-dealkylation sites (tertiary alicyclic amines) is 1. The van der Waals surface area contributed by atoms with Gasteiger partial charge in [-0.05, 0) is 29.7 Å². The SMILES string of the molecule is O=C(O)CN1C(=O)[C@@H]2[C@H]3C[C@@H]([C@@H]2C1=O)[C@@H]1[C@@H](c2ccccc2)c2sc(=O)[nH]c2S[C@H]31. The molecule has 2 aliphatic carbocycles. The van der Waals surface area contributed by atoms with Gasteiger partial charge in [-0.15, -0.1) is 11.8 Å². The van der Waals surface area contributed by atoms with Crippen LogP contribution in [0.1, 0.15) is 22.8 Å². The lowest BCUT2D eigenvalue weighted by atomic mass is 9.68. The van der Waals surface area contributed by atoms with E-state index in [9.17, 15) is 19.2 Å². The number of hydrogen-bond acceptors (Lipinski definition) is 6. The fourth-order valence-corrected chi connectivity index (χ4v) is 9.29. The summed E-state index contributed by atoms with van der Waals surface area (Å²) in [6.45, 7) is -0.560. The highest BCUT2D eigenvalue weighted by Crippen LogP contribution is 2.68. The first-order valence-electron chi connectivity index (χ1n) is 9.97. The molecule has 2 saturated carbocycles. The highest BCUT2D eigenvalue weighted by atomic mass is 32.2. The number of H-pyrrole nitrogens is 1. The van der Waals surface area contributed by atoms with E-state index in [1.165, 1.54) is 11.3 Å². The molecule has 6 rings (SSSR count). The van der Waals surface area contributed by atoms with Crippen molar-refractivity contribution in [3.8, 4) is 0 Å². The molecular weight excluding hydrogens is 424 g/mol. The highest BCUT2D eigenvalue weighted by Gasteiger charge is 2.69. The second-order valence-corrected chi connectivity index (χ2v) is 10.7. The summed E-state index contributed by atoms with van der Waals surface area (Å²) in [4.78, 5) is 54.3. The van der Waals surface area contributed by atoms with Crippen LogP contribution in [0.2, 0.25) is 0 Å². The lowest BCUT2D eigenvalue weighted by Gasteiger charge is -2.43. The third-order valence-electron chi connectivity index (χ3n) is 7.27. The first kappa shape index (κ1) is 18.4. The van der Waals surface area contributed by atoms with Crippen molar-refractivity contribution in [2.75, 3.05) is 6.54 Å². The molecule has 7 nitrogen and oxygen atoms in total. The van der Waals surface area contributed by atoms with Crippen molar-refractivity contribution in [3.05, 3.63) is 50.4 Å². The van der Waals surface area contributed by atoms with Crippen LogP contribution in [0.25, 0.3) is 0 Å².